The fraction of sp³-hybridized carbons (Fsp3) is 0.500. The number of aryl methyl sites for hydroxylation is 1. The van der Waals surface area contributed by atoms with Crippen LogP contribution in [0.2, 0.25) is 0 Å². The molecule has 3 aliphatic heterocycles. The summed E-state index contributed by atoms with van der Waals surface area (Å²) in [5.41, 5.74) is 11.1. The molecule has 0 aromatic heterocycles. The fourth-order valence-electron chi connectivity index (χ4n) is 3.87. The highest BCUT2D eigenvalue weighted by atomic mass is 32.2. The van der Waals surface area contributed by atoms with E-state index in [9.17, 15) is 0 Å². The van der Waals surface area contributed by atoms with Crippen LogP contribution in [0.25, 0.3) is 0 Å². The van der Waals surface area contributed by atoms with Crippen LogP contribution in [0.1, 0.15) is 45.6 Å². The smallest absolute Gasteiger partial charge is 0.231 e. The van der Waals surface area contributed by atoms with Crippen molar-refractivity contribution in [3.63, 3.8) is 0 Å². The van der Waals surface area contributed by atoms with E-state index in [2.05, 4.69) is 43.1 Å². The number of hydrogen-bond donors (Lipinski definition) is 2. The number of benzene rings is 1. The maximum Gasteiger partial charge on any atom is 0.231 e. The number of nitrogens with one attached hydrogen (secondary N) is 1. The Morgan fingerprint density at radius 1 is 1.24 bits per heavy atom. The van der Waals surface area contributed by atoms with E-state index in [1.807, 2.05) is 18.0 Å². The minimum Gasteiger partial charge on any atom is -0.454 e. The number of nitrogens with two attached hydrogens (primary N) is 1. The molecular weight excluding hydrogens is 384 g/mol. The van der Waals surface area contributed by atoms with Crippen LogP contribution in [0.5, 0.6) is 11.5 Å². The SMILES string of the molecule is CCC1=CN=C2C(=C(C)C1)NC(Sc1cc3c(cc1CC)OCO3)N2CCCN. The molecule has 29 heavy (non-hydrogen) atoms. The van der Waals surface area contributed by atoms with Crippen LogP contribution in [0, 0.1) is 0 Å². The predicted molar refractivity (Wildman–Crippen MR) is 118 cm³/mol. The number of amidine groups is 1. The van der Waals surface area contributed by atoms with Gasteiger partial charge in [0.2, 0.25) is 6.79 Å². The molecule has 0 amide bonds. The van der Waals surface area contributed by atoms with Gasteiger partial charge in [0.1, 0.15) is 0 Å². The second kappa shape index (κ2) is 8.71. The molecule has 1 atom stereocenters. The molecule has 0 radical (unpaired) electrons. The number of fused-ring (bicyclic) bond motifs is 2. The third-order valence-corrected chi connectivity index (χ3v) is 6.80. The van der Waals surface area contributed by atoms with Crippen LogP contribution >= 0.6 is 11.8 Å². The van der Waals surface area contributed by atoms with Crippen molar-refractivity contribution in [2.75, 3.05) is 19.9 Å². The third-order valence-electron chi connectivity index (χ3n) is 5.57. The van der Waals surface area contributed by atoms with Crippen molar-refractivity contribution < 1.29 is 9.47 Å². The highest BCUT2D eigenvalue weighted by Gasteiger charge is 2.35. The van der Waals surface area contributed by atoms with Gasteiger partial charge >= 0.3 is 0 Å². The van der Waals surface area contributed by atoms with Crippen LogP contribution in [0.15, 0.2) is 45.1 Å². The summed E-state index contributed by atoms with van der Waals surface area (Å²) in [4.78, 5) is 8.45. The first kappa shape index (κ1) is 20.2. The number of allylic oxidation sites excluding steroid dienone is 2. The van der Waals surface area contributed by atoms with Crippen molar-refractivity contribution in [2.24, 2.45) is 10.7 Å². The fourth-order valence-corrected chi connectivity index (χ4v) is 5.15. The van der Waals surface area contributed by atoms with Gasteiger partial charge in [0.25, 0.3) is 0 Å². The van der Waals surface area contributed by atoms with Crippen LogP contribution in [-0.2, 0) is 6.42 Å². The molecule has 1 fully saturated rings. The normalized spacial score (nSPS) is 20.3. The van der Waals surface area contributed by atoms with Gasteiger partial charge < -0.3 is 25.4 Å². The Kier molecular flexibility index (Phi) is 6.06. The molecule has 7 heteroatoms. The largest absolute Gasteiger partial charge is 0.454 e. The van der Waals surface area contributed by atoms with Crippen molar-refractivity contribution >= 4 is 17.6 Å². The topological polar surface area (TPSA) is 72.1 Å². The van der Waals surface area contributed by atoms with E-state index in [0.717, 1.165) is 55.3 Å². The zero-order valence-electron chi connectivity index (χ0n) is 17.5. The molecule has 0 bridgehead atoms. The lowest BCUT2D eigenvalue weighted by Gasteiger charge is -2.25. The van der Waals surface area contributed by atoms with Crippen LogP contribution < -0.4 is 20.5 Å². The predicted octanol–water partition coefficient (Wildman–Crippen LogP) is 3.98. The molecule has 1 saturated heterocycles. The van der Waals surface area contributed by atoms with E-state index in [-0.39, 0.29) is 5.50 Å². The van der Waals surface area contributed by atoms with Crippen molar-refractivity contribution in [3.8, 4) is 11.5 Å². The Balaban J connectivity index is 1.66. The maximum atomic E-state index is 5.83. The molecule has 3 heterocycles. The average Bonchev–Trinajstić information content (AvgIpc) is 3.28. The second-order valence-corrected chi connectivity index (χ2v) is 8.66. The summed E-state index contributed by atoms with van der Waals surface area (Å²) in [5, 5.41) is 3.75. The van der Waals surface area contributed by atoms with Crippen molar-refractivity contribution in [1.29, 1.82) is 0 Å². The molecular formula is C22H30N4O2S. The lowest BCUT2D eigenvalue weighted by molar-refractivity contribution is 0.174. The van der Waals surface area contributed by atoms with Crippen molar-refractivity contribution in [2.45, 2.75) is 56.8 Å². The van der Waals surface area contributed by atoms with E-state index in [1.54, 1.807) is 0 Å². The number of rotatable bonds is 7. The zero-order chi connectivity index (χ0) is 20.4. The summed E-state index contributed by atoms with van der Waals surface area (Å²) in [6, 6.07) is 4.22. The Hall–Kier alpha value is -2.12. The van der Waals surface area contributed by atoms with E-state index in [0.29, 0.717) is 13.3 Å². The van der Waals surface area contributed by atoms with Crippen LogP contribution in [0.4, 0.5) is 0 Å². The van der Waals surface area contributed by atoms with Gasteiger partial charge in [0.05, 0.1) is 5.70 Å². The Morgan fingerprint density at radius 2 is 2.03 bits per heavy atom. The lowest BCUT2D eigenvalue weighted by atomic mass is 10.0. The molecule has 1 unspecified atom stereocenters. The summed E-state index contributed by atoms with van der Waals surface area (Å²) in [6.07, 6.45) is 5.92. The molecule has 4 rings (SSSR count). The van der Waals surface area contributed by atoms with Crippen LogP contribution in [0.3, 0.4) is 0 Å². The molecule has 1 aromatic carbocycles. The average molecular weight is 415 g/mol. The van der Waals surface area contributed by atoms with Gasteiger partial charge in [0.15, 0.2) is 22.8 Å². The minimum atomic E-state index is 0.0764. The Labute approximate surface area is 177 Å². The summed E-state index contributed by atoms with van der Waals surface area (Å²) in [6.45, 7) is 8.41. The highest BCUT2D eigenvalue weighted by Crippen LogP contribution is 2.41. The van der Waals surface area contributed by atoms with E-state index in [4.69, 9.17) is 20.2 Å². The Morgan fingerprint density at radius 3 is 2.76 bits per heavy atom. The molecule has 6 nitrogen and oxygen atoms in total. The molecule has 1 aromatic rings. The first-order valence-corrected chi connectivity index (χ1v) is 11.3. The number of thioether (sulfide) groups is 1. The standard InChI is InChI=1S/C22H30N4O2S/c1-4-15-9-14(3)20-21(24-12-15)26(8-6-7-23)22(25-20)29-19-11-18-17(27-13-28-18)10-16(19)5-2/h10-12,22,25H,4-9,13,23H2,1-3H3. The summed E-state index contributed by atoms with van der Waals surface area (Å²) in [7, 11) is 0. The number of ether oxygens (including phenoxy) is 2. The zero-order valence-corrected chi connectivity index (χ0v) is 18.3. The van der Waals surface area contributed by atoms with Gasteiger partial charge in [-0.2, -0.15) is 0 Å². The van der Waals surface area contributed by atoms with Gasteiger partial charge in [-0.3, -0.25) is 0 Å². The van der Waals surface area contributed by atoms with E-state index >= 15 is 0 Å². The van der Waals surface area contributed by atoms with Crippen molar-refractivity contribution in [1.82, 2.24) is 10.2 Å². The van der Waals surface area contributed by atoms with E-state index in [1.165, 1.54) is 21.6 Å². The van der Waals surface area contributed by atoms with Gasteiger partial charge in [-0.05, 0) is 68.0 Å². The van der Waals surface area contributed by atoms with Gasteiger partial charge in [-0.15, -0.1) is 0 Å². The molecule has 0 aliphatic carbocycles. The lowest BCUT2D eigenvalue weighted by Crippen LogP contribution is -2.36. The highest BCUT2D eigenvalue weighted by molar-refractivity contribution is 8.00. The first-order chi connectivity index (χ1) is 14.1. The van der Waals surface area contributed by atoms with Gasteiger partial charge in [-0.25, -0.2) is 4.99 Å². The third kappa shape index (κ3) is 3.98. The summed E-state index contributed by atoms with van der Waals surface area (Å²) < 4.78 is 11.2. The number of nitrogens with zero attached hydrogens (tertiary/aromatic N) is 2. The monoisotopic (exact) mass is 414 g/mol. The summed E-state index contributed by atoms with van der Waals surface area (Å²) in [5.74, 6) is 2.71. The van der Waals surface area contributed by atoms with E-state index < -0.39 is 0 Å². The molecule has 156 valence electrons. The molecule has 0 spiro atoms. The van der Waals surface area contributed by atoms with Gasteiger partial charge in [-0.1, -0.05) is 25.6 Å². The first-order valence-electron chi connectivity index (χ1n) is 10.4. The minimum absolute atomic E-state index is 0.0764. The molecule has 0 saturated carbocycles. The number of hydrogen-bond acceptors (Lipinski definition) is 7. The molecule has 3 N–H and O–H groups in total. The maximum absolute atomic E-state index is 5.83. The second-order valence-electron chi connectivity index (χ2n) is 7.54. The van der Waals surface area contributed by atoms with Crippen molar-refractivity contribution in [3.05, 3.63) is 40.7 Å². The molecule has 3 aliphatic rings. The summed E-state index contributed by atoms with van der Waals surface area (Å²) >= 11 is 1.81. The van der Waals surface area contributed by atoms with Crippen LogP contribution in [-0.4, -0.2) is 36.1 Å². The Bertz CT molecular complexity index is 878. The quantitative estimate of drug-likeness (QED) is 0.703. The number of aliphatic imine (C=N–C) groups is 1. The van der Waals surface area contributed by atoms with Gasteiger partial charge in [0, 0.05) is 17.6 Å².